The van der Waals surface area contributed by atoms with E-state index < -0.39 is 54.1 Å². The zero-order chi connectivity index (χ0) is 70.6. The Morgan fingerprint density at radius 3 is 2.06 bits per heavy atom. The van der Waals surface area contributed by atoms with Crippen LogP contribution in [-0.4, -0.2) is 158 Å². The van der Waals surface area contributed by atoms with Crippen molar-refractivity contribution in [3.63, 3.8) is 0 Å². The van der Waals surface area contributed by atoms with Gasteiger partial charge in [-0.3, -0.25) is 33.6 Å². The first-order chi connectivity index (χ1) is 48.9. The van der Waals surface area contributed by atoms with Gasteiger partial charge >= 0.3 is 12.1 Å². The number of methoxy groups -OCH3 is 3. The molecule has 5 aliphatic heterocycles. The molecule has 2 saturated heterocycles. The van der Waals surface area contributed by atoms with Gasteiger partial charge in [0.25, 0.3) is 11.8 Å². The number of Topliss-reactive ketones (excluding diaryl/α,β-unsaturated/α-hetero) is 1. The van der Waals surface area contributed by atoms with Gasteiger partial charge in [-0.25, -0.2) is 9.69 Å². The molecule has 6 aromatic carbocycles. The van der Waals surface area contributed by atoms with Gasteiger partial charge in [0.05, 0.1) is 70.8 Å². The number of anilines is 1. The standard InChI is InChI=1S/C79H86N6O16/c1-47(2)34-62(81-74(90)63-16-10-31-82(63)72(88)42-80-71(87)27-28-73(89)100-45-61-57-14-8-6-12-55(57)56-13-7-9-15-58(56)61)66(86)35-48-17-19-49(20-18-48)44-101-78(94)85-64-40-70(68(97-5)39-60(64)76(92)84-46-79(29-30-79)41-65(84)77(85)93)99-33-11-32-98-69-37-51-21-24-53-36-52(50-22-25-54(95-3)26-23-50)43-83(53)75(91)59(51)38-67(69)96-4/h6-9,12-15,17-20,22-23,25-26,37-40,43,47,53,61-63,65,77,93H,10-11,16,21,24,27-36,41-42,44-46H2,1-5H3,(H,80,87)(H,81,90)/t53-,62+,63+,65+,77?/m1/s1. The molecule has 22 heteroatoms. The molecule has 13 rings (SSSR count). The van der Waals surface area contributed by atoms with Crippen molar-refractivity contribution in [2.45, 2.75) is 140 Å². The monoisotopic (exact) mass is 1370 g/mol. The number of esters is 1. The SMILES string of the molecule is COc1ccc(C2=CN3C(=O)c4cc(OC)c(OCCCOc5cc6c(cc5OC)C(=O)N5CC7(CC7)C[C@H]5C(O)N6C(=O)OCc5ccc(CC(=O)[C@H](CC(C)C)NC(=O)[C@@H]6CCCN6C(=O)CNC(=O)CCC(=O)OCC6c7ccccc7-c7ccccc76)cc5)cc4CC[C@@H]3C2)cc1. The number of aliphatic hydroxyl groups excluding tert-OH is 1. The molecule has 22 nitrogen and oxygen atoms in total. The normalized spacial score (nSPS) is 19.3. The molecule has 0 bridgehead atoms. The first-order valence-corrected chi connectivity index (χ1v) is 35.0. The van der Waals surface area contributed by atoms with Gasteiger partial charge in [-0.15, -0.1) is 0 Å². The third-order valence-corrected chi connectivity index (χ3v) is 20.8. The number of ether oxygens (including phenoxy) is 7. The summed E-state index contributed by atoms with van der Waals surface area (Å²) in [7, 11) is 4.63. The van der Waals surface area contributed by atoms with Crippen LogP contribution in [0.5, 0.6) is 28.7 Å². The molecule has 6 amide bonds. The summed E-state index contributed by atoms with van der Waals surface area (Å²) >= 11 is 0. The number of hydrogen-bond acceptors (Lipinski definition) is 16. The van der Waals surface area contributed by atoms with Crippen LogP contribution >= 0.6 is 0 Å². The first-order valence-electron chi connectivity index (χ1n) is 35.0. The fourth-order valence-electron chi connectivity index (χ4n) is 15.2. The van der Waals surface area contributed by atoms with Gasteiger partial charge < -0.3 is 63.6 Å². The topological polar surface area (TPSA) is 258 Å². The molecule has 101 heavy (non-hydrogen) atoms. The summed E-state index contributed by atoms with van der Waals surface area (Å²) in [6, 6.07) is 35.1. The summed E-state index contributed by atoms with van der Waals surface area (Å²) in [5, 5.41) is 17.8. The number of ketones is 1. The molecule has 0 radical (unpaired) electrons. The number of amides is 6. The highest BCUT2D eigenvalue weighted by Crippen LogP contribution is 2.57. The Bertz CT molecular complexity index is 4160. The molecule has 2 aliphatic carbocycles. The third kappa shape index (κ3) is 14.9. The number of rotatable bonds is 26. The van der Waals surface area contributed by atoms with E-state index in [4.69, 9.17) is 33.2 Å². The highest BCUT2D eigenvalue weighted by atomic mass is 16.6. The summed E-state index contributed by atoms with van der Waals surface area (Å²) in [6.45, 7) is 4.49. The van der Waals surface area contributed by atoms with Crippen LogP contribution in [0, 0.1) is 11.3 Å². The fraction of sp³-hybridized carbons (Fsp3) is 0.418. The molecule has 6 aromatic rings. The maximum absolute atomic E-state index is 14.6. The number of aryl methyl sites for hydroxylation is 1. The van der Waals surface area contributed by atoms with Gasteiger partial charge in [-0.05, 0) is 150 Å². The summed E-state index contributed by atoms with van der Waals surface area (Å²) in [6.07, 6.45) is 5.33. The molecule has 7 aliphatic rings. The summed E-state index contributed by atoms with van der Waals surface area (Å²) in [4.78, 5) is 117. The van der Waals surface area contributed by atoms with Crippen LogP contribution in [0.1, 0.15) is 144 Å². The molecular formula is C79H86N6O16. The van der Waals surface area contributed by atoms with Gasteiger partial charge in [-0.1, -0.05) is 98.8 Å². The van der Waals surface area contributed by atoms with E-state index >= 15 is 0 Å². The number of aliphatic hydroxyl groups is 1. The highest BCUT2D eigenvalue weighted by Gasteiger charge is 2.58. The number of nitrogens with zero attached hydrogens (tertiary/aromatic N) is 4. The lowest BCUT2D eigenvalue weighted by Gasteiger charge is -2.31. The molecule has 1 spiro atoms. The van der Waals surface area contributed by atoms with Crippen molar-refractivity contribution in [2.24, 2.45) is 11.3 Å². The van der Waals surface area contributed by atoms with E-state index in [-0.39, 0.29) is 116 Å². The minimum Gasteiger partial charge on any atom is -0.497 e. The van der Waals surface area contributed by atoms with E-state index in [0.717, 1.165) is 75.3 Å². The lowest BCUT2D eigenvalue weighted by atomic mass is 9.95. The van der Waals surface area contributed by atoms with Crippen molar-refractivity contribution < 1.29 is 76.6 Å². The smallest absolute Gasteiger partial charge is 0.416 e. The number of benzene rings is 6. The molecule has 3 fully saturated rings. The molecule has 528 valence electrons. The van der Waals surface area contributed by atoms with Crippen molar-refractivity contribution in [3.05, 3.63) is 172 Å². The molecule has 0 aromatic heterocycles. The number of likely N-dealkylation sites (tertiary alicyclic amines) is 1. The van der Waals surface area contributed by atoms with Gasteiger partial charge in [0.1, 0.15) is 25.0 Å². The van der Waals surface area contributed by atoms with Crippen LogP contribution in [0.4, 0.5) is 10.5 Å². The number of nitrogens with one attached hydrogen (secondary N) is 2. The average molecular weight is 1380 g/mol. The lowest BCUT2D eigenvalue weighted by molar-refractivity contribution is -0.145. The first kappa shape index (κ1) is 69.3. The number of fused-ring (bicyclic) bond motifs is 7. The number of carbonyl (C=O) groups is 8. The predicted molar refractivity (Wildman–Crippen MR) is 373 cm³/mol. The summed E-state index contributed by atoms with van der Waals surface area (Å²) < 4.78 is 41.1. The molecular weight excluding hydrogens is 1290 g/mol. The van der Waals surface area contributed by atoms with Gasteiger partial charge in [-0.2, -0.15) is 0 Å². The Morgan fingerprint density at radius 1 is 0.713 bits per heavy atom. The van der Waals surface area contributed by atoms with E-state index in [9.17, 15) is 43.5 Å². The second kappa shape index (κ2) is 29.9. The van der Waals surface area contributed by atoms with E-state index in [1.807, 2.05) is 91.7 Å². The maximum Gasteiger partial charge on any atom is 0.416 e. The Balaban J connectivity index is 0.598. The zero-order valence-corrected chi connectivity index (χ0v) is 57.7. The lowest BCUT2D eigenvalue weighted by Crippen LogP contribution is -2.52. The van der Waals surface area contributed by atoms with Crippen LogP contribution in [0.2, 0.25) is 0 Å². The zero-order valence-electron chi connectivity index (χ0n) is 57.7. The highest BCUT2D eigenvalue weighted by molar-refractivity contribution is 6.06. The van der Waals surface area contributed by atoms with E-state index in [1.54, 1.807) is 42.3 Å². The molecule has 1 saturated carbocycles. The van der Waals surface area contributed by atoms with Crippen LogP contribution in [0.25, 0.3) is 16.7 Å². The van der Waals surface area contributed by atoms with Crippen LogP contribution < -0.4 is 39.2 Å². The van der Waals surface area contributed by atoms with Crippen molar-refractivity contribution in [1.82, 2.24) is 25.3 Å². The second-order valence-corrected chi connectivity index (χ2v) is 27.8. The molecule has 1 unspecified atom stereocenters. The van der Waals surface area contributed by atoms with Gasteiger partial charge in [0.2, 0.25) is 17.7 Å². The van der Waals surface area contributed by atoms with Crippen LogP contribution in [-0.2, 0) is 52.9 Å². The Hall–Kier alpha value is -10.2. The third-order valence-electron chi connectivity index (χ3n) is 20.8. The maximum atomic E-state index is 14.6. The van der Waals surface area contributed by atoms with Crippen molar-refractivity contribution in [3.8, 4) is 39.9 Å². The van der Waals surface area contributed by atoms with E-state index in [0.29, 0.717) is 79.8 Å². The average Bonchev–Trinajstić information content (AvgIpc) is 1.57. The van der Waals surface area contributed by atoms with Crippen LogP contribution in [0.15, 0.2) is 128 Å². The number of hydrogen-bond donors (Lipinski definition) is 3. The summed E-state index contributed by atoms with van der Waals surface area (Å²) in [5.41, 5.74) is 9.25. The predicted octanol–water partition coefficient (Wildman–Crippen LogP) is 10.1. The van der Waals surface area contributed by atoms with E-state index in [2.05, 4.69) is 22.8 Å². The molecule has 5 atom stereocenters. The second-order valence-electron chi connectivity index (χ2n) is 27.8. The number of carbonyl (C=O) groups excluding carboxylic acids is 8. The van der Waals surface area contributed by atoms with Crippen LogP contribution in [0.3, 0.4) is 0 Å². The van der Waals surface area contributed by atoms with Crippen molar-refractivity contribution in [1.29, 1.82) is 0 Å². The quantitative estimate of drug-likeness (QED) is 0.0337. The Labute approximate surface area is 587 Å². The molecule has 5 heterocycles. The van der Waals surface area contributed by atoms with Crippen molar-refractivity contribution >= 4 is 58.6 Å². The minimum absolute atomic E-state index is 0.0104. The van der Waals surface area contributed by atoms with Crippen molar-refractivity contribution in [2.75, 3.05) is 65.7 Å². The largest absolute Gasteiger partial charge is 0.497 e. The van der Waals surface area contributed by atoms with E-state index in [1.165, 1.54) is 31.3 Å². The Morgan fingerprint density at radius 2 is 1.39 bits per heavy atom. The van der Waals surface area contributed by atoms with Gasteiger partial charge in [0, 0.05) is 62.1 Å². The Kier molecular flexibility index (Phi) is 20.5. The molecule has 3 N–H and O–H groups in total. The fourth-order valence-corrected chi connectivity index (χ4v) is 15.2. The van der Waals surface area contributed by atoms with Gasteiger partial charge in [0.15, 0.2) is 35.0 Å². The minimum atomic E-state index is -1.47. The summed E-state index contributed by atoms with van der Waals surface area (Å²) in [5.74, 6) is -0.604.